The van der Waals surface area contributed by atoms with Gasteiger partial charge in [0.2, 0.25) is 0 Å². The highest BCUT2D eigenvalue weighted by molar-refractivity contribution is 14.1. The summed E-state index contributed by atoms with van der Waals surface area (Å²) in [6.45, 7) is 0.847. The number of ether oxygens (including phenoxy) is 4. The van der Waals surface area contributed by atoms with Gasteiger partial charge in [-0.1, -0.05) is 143 Å². The standard InChI is InChI=1S/2C31H26Cl2INO3/c2*1-37-27-16-4-21(5-17-27)19-35-29(22-6-10-24(32)11-7-22)30(23-8-12-25(33)13-9-23)38-28(31(35)36)18-20-2-14-26(34)15-3-20/h2*2-17,28-30H,18-19H2,1H3/t28-,29?,30-;28-,29+,30-/m10/s1. The molecule has 2 aliphatic rings. The Hall–Kier alpha value is -5.16. The molecule has 0 spiro atoms. The third-order valence-corrected chi connectivity index (χ3v) is 15.9. The summed E-state index contributed by atoms with van der Waals surface area (Å²) in [6.07, 6.45) is -1.13. The Morgan fingerprint density at radius 1 is 0.395 bits per heavy atom. The molecular formula is C62H52Cl4I2N2O6. The van der Waals surface area contributed by atoms with Gasteiger partial charge < -0.3 is 28.7 Å². The lowest BCUT2D eigenvalue weighted by Gasteiger charge is -2.45. The van der Waals surface area contributed by atoms with E-state index in [2.05, 4.69) is 69.4 Å². The van der Waals surface area contributed by atoms with Crippen molar-refractivity contribution in [1.29, 1.82) is 0 Å². The number of methoxy groups -OCH3 is 2. The number of hydrogen-bond donors (Lipinski definition) is 0. The van der Waals surface area contributed by atoms with Crippen LogP contribution in [-0.4, -0.2) is 48.0 Å². The summed E-state index contributed by atoms with van der Waals surface area (Å²) in [5.74, 6) is 1.44. The van der Waals surface area contributed by atoms with Crippen LogP contribution in [0.3, 0.4) is 0 Å². The van der Waals surface area contributed by atoms with E-state index in [0.717, 1.165) is 63.1 Å². The summed E-state index contributed by atoms with van der Waals surface area (Å²) >= 11 is 29.5. The Balaban J connectivity index is 0.000000186. The quantitative estimate of drug-likeness (QED) is 0.101. The minimum absolute atomic E-state index is 0.0514. The van der Waals surface area contributed by atoms with Crippen molar-refractivity contribution in [2.45, 2.75) is 62.4 Å². The van der Waals surface area contributed by atoms with Crippen molar-refractivity contribution in [3.8, 4) is 11.5 Å². The van der Waals surface area contributed by atoms with Crippen molar-refractivity contribution in [2.24, 2.45) is 0 Å². The average molecular weight is 1320 g/mol. The van der Waals surface area contributed by atoms with Gasteiger partial charge >= 0.3 is 0 Å². The van der Waals surface area contributed by atoms with Crippen LogP contribution in [0.15, 0.2) is 194 Å². The number of hydrogen-bond acceptors (Lipinski definition) is 6. The molecular weight excluding hydrogens is 1260 g/mol. The topological polar surface area (TPSA) is 77.5 Å². The molecule has 2 aliphatic heterocycles. The second-order valence-electron chi connectivity index (χ2n) is 18.5. The van der Waals surface area contributed by atoms with Gasteiger partial charge in [0, 0.05) is 53.2 Å². The average Bonchev–Trinajstić information content (AvgIpc) is 3.44. The molecule has 388 valence electrons. The molecule has 0 aromatic heterocycles. The highest BCUT2D eigenvalue weighted by atomic mass is 127. The number of carbonyl (C=O) groups is 2. The SMILES string of the molecule is COc1ccc(CN2C(=O)[C@@H](Cc3ccc(I)cc3)O[C@H](c3ccc(Cl)cc3)C2c2ccc(Cl)cc2)cc1.COc1ccc(CN2C(=O)[C@H](Cc3ccc(I)cc3)O[C@@H](c3ccc(Cl)cc3)[C@H]2c2ccc(Cl)cc2)cc1. The smallest absolute Gasteiger partial charge is 0.253 e. The zero-order chi connectivity index (χ0) is 53.3. The number of carbonyl (C=O) groups excluding carboxylic acids is 2. The van der Waals surface area contributed by atoms with Crippen molar-refractivity contribution < 1.29 is 28.5 Å². The van der Waals surface area contributed by atoms with Crippen molar-refractivity contribution in [1.82, 2.24) is 9.80 Å². The molecule has 2 saturated heterocycles. The van der Waals surface area contributed by atoms with Gasteiger partial charge in [0.1, 0.15) is 35.9 Å². The number of amides is 2. The number of morpholine rings is 2. The third-order valence-electron chi connectivity index (χ3n) is 13.5. The largest absolute Gasteiger partial charge is 0.497 e. The Labute approximate surface area is 491 Å². The van der Waals surface area contributed by atoms with E-state index in [9.17, 15) is 9.59 Å². The summed E-state index contributed by atoms with van der Waals surface area (Å²) in [7, 11) is 3.28. The maximum absolute atomic E-state index is 14.1. The van der Waals surface area contributed by atoms with Crippen LogP contribution in [0.4, 0.5) is 0 Å². The predicted octanol–water partition coefficient (Wildman–Crippen LogP) is 16.1. The number of rotatable bonds is 14. The summed E-state index contributed by atoms with van der Waals surface area (Å²) in [4.78, 5) is 32.1. The highest BCUT2D eigenvalue weighted by Gasteiger charge is 2.45. The minimum Gasteiger partial charge on any atom is -0.497 e. The summed E-state index contributed by atoms with van der Waals surface area (Å²) in [5, 5.41) is 2.57. The van der Waals surface area contributed by atoms with Crippen molar-refractivity contribution in [3.05, 3.63) is 266 Å². The van der Waals surface area contributed by atoms with E-state index in [0.29, 0.717) is 46.0 Å². The van der Waals surface area contributed by atoms with E-state index >= 15 is 0 Å². The van der Waals surface area contributed by atoms with Crippen LogP contribution in [0.1, 0.15) is 68.8 Å². The fraction of sp³-hybridized carbons (Fsp3) is 0.194. The molecule has 76 heavy (non-hydrogen) atoms. The molecule has 2 amide bonds. The van der Waals surface area contributed by atoms with E-state index in [4.69, 9.17) is 65.4 Å². The van der Waals surface area contributed by atoms with Crippen molar-refractivity contribution >= 4 is 103 Å². The van der Waals surface area contributed by atoms with E-state index in [1.165, 1.54) is 0 Å². The zero-order valence-corrected chi connectivity index (χ0v) is 48.7. The Bertz CT molecular complexity index is 2970. The van der Waals surface area contributed by atoms with Gasteiger partial charge in [-0.2, -0.15) is 0 Å². The third kappa shape index (κ3) is 13.9. The van der Waals surface area contributed by atoms with Crippen LogP contribution >= 0.6 is 91.6 Å². The molecule has 8 aromatic carbocycles. The number of nitrogens with zero attached hydrogens (tertiary/aromatic N) is 2. The molecule has 0 aliphatic carbocycles. The maximum atomic E-state index is 14.1. The van der Waals surface area contributed by atoms with Crippen LogP contribution in [-0.2, 0) is 45.0 Å². The molecule has 6 atom stereocenters. The Kier molecular flexibility index (Phi) is 19.0. The summed E-state index contributed by atoms with van der Waals surface area (Å²) in [5.41, 5.74) is 7.91. The zero-order valence-electron chi connectivity index (χ0n) is 41.4. The Morgan fingerprint density at radius 2 is 0.671 bits per heavy atom. The first kappa shape index (κ1) is 55.6. The van der Waals surface area contributed by atoms with Gasteiger partial charge in [-0.15, -0.1) is 0 Å². The number of halogens is 6. The highest BCUT2D eigenvalue weighted by Crippen LogP contribution is 2.46. The minimum atomic E-state index is -0.641. The molecule has 0 radical (unpaired) electrons. The Morgan fingerprint density at radius 3 is 0.961 bits per heavy atom. The van der Waals surface area contributed by atoms with Gasteiger partial charge in [-0.25, -0.2) is 0 Å². The molecule has 0 bridgehead atoms. The van der Waals surface area contributed by atoms with Crippen LogP contribution in [0.25, 0.3) is 0 Å². The van der Waals surface area contributed by atoms with E-state index in [1.54, 1.807) is 14.2 Å². The maximum Gasteiger partial charge on any atom is 0.253 e. The van der Waals surface area contributed by atoms with Crippen LogP contribution < -0.4 is 9.47 Å². The van der Waals surface area contributed by atoms with Gasteiger partial charge in [0.25, 0.3) is 11.8 Å². The van der Waals surface area contributed by atoms with Gasteiger partial charge in [-0.3, -0.25) is 9.59 Å². The first-order valence-electron chi connectivity index (χ1n) is 24.5. The molecule has 2 fully saturated rings. The van der Waals surface area contributed by atoms with E-state index < -0.39 is 24.4 Å². The van der Waals surface area contributed by atoms with Gasteiger partial charge in [0.15, 0.2) is 0 Å². The van der Waals surface area contributed by atoms with Crippen LogP contribution in [0.2, 0.25) is 20.1 Å². The first-order chi connectivity index (χ1) is 36.8. The molecule has 8 aromatic rings. The molecule has 2 heterocycles. The molecule has 14 heteroatoms. The normalized spacial score (nSPS) is 19.4. The van der Waals surface area contributed by atoms with E-state index in [-0.39, 0.29) is 23.9 Å². The van der Waals surface area contributed by atoms with Crippen LogP contribution in [0, 0.1) is 7.14 Å². The summed E-state index contributed by atoms with van der Waals surface area (Å²) in [6, 6.07) is 61.9. The molecule has 0 N–H and O–H groups in total. The molecule has 0 saturated carbocycles. The number of benzene rings is 8. The predicted molar refractivity (Wildman–Crippen MR) is 319 cm³/mol. The lowest BCUT2D eigenvalue weighted by molar-refractivity contribution is -0.175. The fourth-order valence-electron chi connectivity index (χ4n) is 9.59. The second-order valence-corrected chi connectivity index (χ2v) is 22.7. The summed E-state index contributed by atoms with van der Waals surface area (Å²) < 4.78 is 26.3. The second kappa shape index (κ2) is 26.0. The van der Waals surface area contributed by atoms with E-state index in [1.807, 2.05) is 180 Å². The van der Waals surface area contributed by atoms with Crippen molar-refractivity contribution in [2.75, 3.05) is 14.2 Å². The lowest BCUT2D eigenvalue weighted by atomic mass is 9.90. The van der Waals surface area contributed by atoms with Crippen molar-refractivity contribution in [3.63, 3.8) is 0 Å². The lowest BCUT2D eigenvalue weighted by Crippen LogP contribution is -2.51. The molecule has 10 rings (SSSR count). The first-order valence-corrected chi connectivity index (χ1v) is 28.2. The fourth-order valence-corrected chi connectivity index (χ4v) is 10.8. The monoisotopic (exact) mass is 1310 g/mol. The van der Waals surface area contributed by atoms with Gasteiger partial charge in [0.05, 0.1) is 26.3 Å². The van der Waals surface area contributed by atoms with Gasteiger partial charge in [-0.05, 0) is 187 Å². The van der Waals surface area contributed by atoms with Crippen LogP contribution in [0.5, 0.6) is 11.5 Å². The molecule has 8 nitrogen and oxygen atoms in total. The molecule has 1 unspecified atom stereocenters.